The fourth-order valence-electron chi connectivity index (χ4n) is 2.61. The highest BCUT2D eigenvalue weighted by Gasteiger charge is 2.23. The van der Waals surface area contributed by atoms with E-state index < -0.39 is 5.97 Å². The van der Waals surface area contributed by atoms with Crippen molar-refractivity contribution < 1.29 is 19.5 Å². The Labute approximate surface area is 132 Å². The standard InChI is InChI=1S/C16H28N2O4/c1-12(2)11-15(20)18-9-7-13(8-10-18)17-14(19)5-3-4-6-16(21)22/h12-13H,3-11H2,1-2H3,(H,17,19)(H,21,22). The number of amides is 2. The Balaban J connectivity index is 2.18. The number of carbonyl (C=O) groups is 3. The topological polar surface area (TPSA) is 86.7 Å². The second-order valence-electron chi connectivity index (χ2n) is 6.42. The molecule has 22 heavy (non-hydrogen) atoms. The highest BCUT2D eigenvalue weighted by Crippen LogP contribution is 2.14. The molecule has 1 aliphatic rings. The van der Waals surface area contributed by atoms with Crippen LogP contribution < -0.4 is 5.32 Å². The van der Waals surface area contributed by atoms with Crippen molar-refractivity contribution in [2.75, 3.05) is 13.1 Å². The molecule has 1 fully saturated rings. The lowest BCUT2D eigenvalue weighted by atomic mass is 10.0. The Kier molecular flexibility index (Phi) is 7.91. The van der Waals surface area contributed by atoms with Gasteiger partial charge in [-0.05, 0) is 31.6 Å². The third-order valence-electron chi connectivity index (χ3n) is 3.84. The van der Waals surface area contributed by atoms with Gasteiger partial charge in [0.2, 0.25) is 11.8 Å². The Morgan fingerprint density at radius 3 is 2.27 bits per heavy atom. The zero-order valence-electron chi connectivity index (χ0n) is 13.6. The van der Waals surface area contributed by atoms with Crippen LogP contribution >= 0.6 is 0 Å². The molecule has 2 N–H and O–H groups in total. The van der Waals surface area contributed by atoms with Crippen LogP contribution in [0.1, 0.15) is 58.8 Å². The lowest BCUT2D eigenvalue weighted by molar-refractivity contribution is -0.137. The van der Waals surface area contributed by atoms with Crippen molar-refractivity contribution in [2.45, 2.75) is 64.8 Å². The summed E-state index contributed by atoms with van der Waals surface area (Å²) in [5, 5.41) is 11.5. The zero-order chi connectivity index (χ0) is 16.5. The molecule has 2 amide bonds. The van der Waals surface area contributed by atoms with Crippen LogP contribution in [-0.4, -0.2) is 46.9 Å². The van der Waals surface area contributed by atoms with Crippen LogP contribution in [0, 0.1) is 5.92 Å². The molecule has 0 spiro atoms. The molecule has 126 valence electrons. The van der Waals surface area contributed by atoms with Crippen LogP contribution in [0.3, 0.4) is 0 Å². The van der Waals surface area contributed by atoms with Crippen LogP contribution in [0.25, 0.3) is 0 Å². The summed E-state index contributed by atoms with van der Waals surface area (Å²) in [5.74, 6) is -0.264. The van der Waals surface area contributed by atoms with E-state index in [1.54, 1.807) is 0 Å². The maximum Gasteiger partial charge on any atom is 0.303 e. The quantitative estimate of drug-likeness (QED) is 0.669. The van der Waals surface area contributed by atoms with Gasteiger partial charge in [0.25, 0.3) is 0 Å². The predicted molar refractivity (Wildman–Crippen MR) is 83.3 cm³/mol. The van der Waals surface area contributed by atoms with Crippen molar-refractivity contribution in [1.29, 1.82) is 0 Å². The van der Waals surface area contributed by atoms with Crippen molar-refractivity contribution in [1.82, 2.24) is 10.2 Å². The van der Waals surface area contributed by atoms with E-state index >= 15 is 0 Å². The second kappa shape index (κ2) is 9.43. The first-order chi connectivity index (χ1) is 10.4. The third-order valence-corrected chi connectivity index (χ3v) is 3.84. The molecular weight excluding hydrogens is 284 g/mol. The molecule has 0 aromatic carbocycles. The number of carboxylic acids is 1. The number of nitrogens with one attached hydrogen (secondary N) is 1. The van der Waals surface area contributed by atoms with Gasteiger partial charge in [0.05, 0.1) is 0 Å². The number of rotatable bonds is 8. The molecule has 1 saturated heterocycles. The molecule has 0 unspecified atom stereocenters. The zero-order valence-corrected chi connectivity index (χ0v) is 13.6. The lowest BCUT2D eigenvalue weighted by Crippen LogP contribution is -2.46. The molecule has 1 heterocycles. The lowest BCUT2D eigenvalue weighted by Gasteiger charge is -2.32. The molecule has 6 heteroatoms. The van der Waals surface area contributed by atoms with Gasteiger partial charge < -0.3 is 15.3 Å². The smallest absolute Gasteiger partial charge is 0.303 e. The van der Waals surface area contributed by atoms with E-state index in [4.69, 9.17) is 5.11 Å². The number of hydrogen-bond donors (Lipinski definition) is 2. The number of nitrogens with zero attached hydrogens (tertiary/aromatic N) is 1. The Morgan fingerprint density at radius 2 is 1.73 bits per heavy atom. The minimum atomic E-state index is -0.821. The Bertz CT molecular complexity index is 388. The molecule has 0 atom stereocenters. The van der Waals surface area contributed by atoms with Crippen molar-refractivity contribution in [3.8, 4) is 0 Å². The number of carboxylic acid groups (broad SMARTS) is 1. The van der Waals surface area contributed by atoms with E-state index in [1.807, 2.05) is 18.7 Å². The van der Waals surface area contributed by atoms with Gasteiger partial charge in [0, 0.05) is 38.4 Å². The normalized spacial score (nSPS) is 15.9. The molecule has 1 rings (SSSR count). The second-order valence-corrected chi connectivity index (χ2v) is 6.42. The summed E-state index contributed by atoms with van der Waals surface area (Å²) in [7, 11) is 0. The number of carbonyl (C=O) groups excluding carboxylic acids is 2. The van der Waals surface area contributed by atoms with E-state index in [1.165, 1.54) is 0 Å². The summed E-state index contributed by atoms with van der Waals surface area (Å²) in [5.41, 5.74) is 0. The number of hydrogen-bond acceptors (Lipinski definition) is 3. The molecule has 1 aliphatic heterocycles. The van der Waals surface area contributed by atoms with Crippen LogP contribution in [0.5, 0.6) is 0 Å². The molecule has 0 radical (unpaired) electrons. The van der Waals surface area contributed by atoms with E-state index in [2.05, 4.69) is 5.32 Å². The van der Waals surface area contributed by atoms with Gasteiger partial charge in [-0.2, -0.15) is 0 Å². The summed E-state index contributed by atoms with van der Waals surface area (Å²) >= 11 is 0. The largest absolute Gasteiger partial charge is 0.481 e. The van der Waals surface area contributed by atoms with Gasteiger partial charge in [-0.15, -0.1) is 0 Å². The van der Waals surface area contributed by atoms with Gasteiger partial charge in [-0.25, -0.2) is 0 Å². The number of likely N-dealkylation sites (tertiary alicyclic amines) is 1. The summed E-state index contributed by atoms with van der Waals surface area (Å²) in [6, 6.07) is 0.134. The van der Waals surface area contributed by atoms with Crippen molar-refractivity contribution in [3.05, 3.63) is 0 Å². The Morgan fingerprint density at radius 1 is 1.14 bits per heavy atom. The molecule has 0 saturated carbocycles. The molecule has 0 aromatic heterocycles. The highest BCUT2D eigenvalue weighted by molar-refractivity contribution is 5.77. The fraction of sp³-hybridized carbons (Fsp3) is 0.812. The first-order valence-corrected chi connectivity index (χ1v) is 8.17. The van der Waals surface area contributed by atoms with E-state index in [0.29, 0.717) is 44.7 Å². The van der Waals surface area contributed by atoms with E-state index in [-0.39, 0.29) is 24.3 Å². The minimum absolute atomic E-state index is 0.0163. The first kappa shape index (κ1) is 18.5. The maximum absolute atomic E-state index is 12.0. The summed E-state index contributed by atoms with van der Waals surface area (Å²) in [6.07, 6.45) is 3.80. The third kappa shape index (κ3) is 7.43. The number of piperidine rings is 1. The van der Waals surface area contributed by atoms with Gasteiger partial charge in [0.1, 0.15) is 0 Å². The molecular formula is C16H28N2O4. The van der Waals surface area contributed by atoms with Crippen LogP contribution in [0.2, 0.25) is 0 Å². The minimum Gasteiger partial charge on any atom is -0.481 e. The molecule has 0 bridgehead atoms. The van der Waals surface area contributed by atoms with Crippen molar-refractivity contribution >= 4 is 17.8 Å². The molecule has 0 aromatic rings. The molecule has 6 nitrogen and oxygen atoms in total. The van der Waals surface area contributed by atoms with Crippen LogP contribution in [0.4, 0.5) is 0 Å². The maximum atomic E-state index is 12.0. The van der Waals surface area contributed by atoms with E-state index in [9.17, 15) is 14.4 Å². The summed E-state index contributed by atoms with van der Waals surface area (Å²) < 4.78 is 0. The highest BCUT2D eigenvalue weighted by atomic mass is 16.4. The van der Waals surface area contributed by atoms with Crippen LogP contribution in [-0.2, 0) is 14.4 Å². The predicted octanol–water partition coefficient (Wildman–Crippen LogP) is 1.78. The van der Waals surface area contributed by atoms with Gasteiger partial charge in [-0.3, -0.25) is 14.4 Å². The van der Waals surface area contributed by atoms with Gasteiger partial charge in [-0.1, -0.05) is 13.8 Å². The van der Waals surface area contributed by atoms with Gasteiger partial charge in [0.15, 0.2) is 0 Å². The fourth-order valence-corrected chi connectivity index (χ4v) is 2.61. The number of unbranched alkanes of at least 4 members (excludes halogenated alkanes) is 1. The average molecular weight is 312 g/mol. The average Bonchev–Trinajstić information content (AvgIpc) is 2.43. The Hall–Kier alpha value is -1.59. The van der Waals surface area contributed by atoms with Crippen molar-refractivity contribution in [2.24, 2.45) is 5.92 Å². The van der Waals surface area contributed by atoms with Crippen molar-refractivity contribution in [3.63, 3.8) is 0 Å². The monoisotopic (exact) mass is 312 g/mol. The molecule has 0 aliphatic carbocycles. The first-order valence-electron chi connectivity index (χ1n) is 8.17. The number of aliphatic carboxylic acids is 1. The van der Waals surface area contributed by atoms with Crippen LogP contribution in [0.15, 0.2) is 0 Å². The SMILES string of the molecule is CC(C)CC(=O)N1CCC(NC(=O)CCCCC(=O)O)CC1. The summed E-state index contributed by atoms with van der Waals surface area (Å²) in [6.45, 7) is 5.48. The van der Waals surface area contributed by atoms with Gasteiger partial charge >= 0.3 is 5.97 Å². The summed E-state index contributed by atoms with van der Waals surface area (Å²) in [4.78, 5) is 36.0. The van der Waals surface area contributed by atoms with E-state index in [0.717, 1.165) is 12.8 Å².